The summed E-state index contributed by atoms with van der Waals surface area (Å²) in [5.41, 5.74) is 5.63. The van der Waals surface area contributed by atoms with Crippen LogP contribution in [0.15, 0.2) is 146 Å². The number of hydrogen-bond acceptors (Lipinski definition) is 5. The monoisotopic (exact) mass is 602 g/mol. The molecule has 0 unspecified atom stereocenters. The Hall–Kier alpha value is -5.51. The Morgan fingerprint density at radius 1 is 0.422 bits per heavy atom. The summed E-state index contributed by atoms with van der Waals surface area (Å²) >= 11 is 0. The van der Waals surface area contributed by atoms with Crippen LogP contribution in [-0.2, 0) is 4.57 Å². The highest BCUT2D eigenvalue weighted by Gasteiger charge is 2.26. The zero-order valence-electron chi connectivity index (χ0n) is 24.4. The van der Waals surface area contributed by atoms with E-state index in [0.717, 1.165) is 65.6 Å². The van der Waals surface area contributed by atoms with Gasteiger partial charge in [-0.1, -0.05) is 121 Å². The van der Waals surface area contributed by atoms with Gasteiger partial charge in [0.15, 0.2) is 0 Å². The fourth-order valence-corrected chi connectivity index (χ4v) is 6.89. The van der Waals surface area contributed by atoms with Crippen molar-refractivity contribution in [2.24, 2.45) is 0 Å². The van der Waals surface area contributed by atoms with Gasteiger partial charge >= 0.3 is 7.60 Å². The van der Waals surface area contributed by atoms with E-state index < -0.39 is 7.60 Å². The summed E-state index contributed by atoms with van der Waals surface area (Å²) in [4.78, 5) is 9.67. The maximum Gasteiger partial charge on any atom is 0.430 e. The number of aromatic nitrogens is 2. The van der Waals surface area contributed by atoms with Crippen LogP contribution in [0.25, 0.3) is 65.6 Å². The van der Waals surface area contributed by atoms with E-state index >= 15 is 0 Å². The molecule has 6 aromatic carbocycles. The van der Waals surface area contributed by atoms with Gasteiger partial charge in [-0.25, -0.2) is 14.5 Å². The number of fused-ring (bicyclic) bond motifs is 6. The average molecular weight is 603 g/mol. The Morgan fingerprint density at radius 3 is 1.27 bits per heavy atom. The summed E-state index contributed by atoms with van der Waals surface area (Å²) in [5.74, 6) is 0.504. The van der Waals surface area contributed by atoms with Crippen LogP contribution in [0.2, 0.25) is 0 Å². The molecule has 2 heterocycles. The maximum absolute atomic E-state index is 14.3. The Balaban J connectivity index is 1.26. The SMILES string of the molecule is CP(=O)(Oc1nc2ccccc2c2ccc(-c3ccccc3)cc12)Oc1nc2ccccc2c2ccc(-c3ccccc3)cc12. The fraction of sp³-hybridized carbons (Fsp3) is 0.0256. The van der Waals surface area contributed by atoms with Crippen LogP contribution in [0.5, 0.6) is 11.8 Å². The second kappa shape index (κ2) is 10.9. The molecule has 0 fully saturated rings. The Morgan fingerprint density at radius 2 is 0.822 bits per heavy atom. The number of benzene rings is 6. The summed E-state index contributed by atoms with van der Waals surface area (Å²) in [6, 6.07) is 48.4. The number of pyridine rings is 2. The van der Waals surface area contributed by atoms with Crippen LogP contribution in [0.1, 0.15) is 0 Å². The van der Waals surface area contributed by atoms with Gasteiger partial charge in [-0.3, -0.25) is 0 Å². The van der Waals surface area contributed by atoms with Gasteiger partial charge in [0, 0.05) is 21.5 Å². The van der Waals surface area contributed by atoms with E-state index in [1.807, 2.05) is 97.1 Å². The third-order valence-corrected chi connectivity index (χ3v) is 9.06. The number of rotatable bonds is 6. The normalized spacial score (nSPS) is 11.8. The van der Waals surface area contributed by atoms with Gasteiger partial charge in [-0.2, -0.15) is 0 Å². The fourth-order valence-electron chi connectivity index (χ4n) is 5.94. The predicted molar refractivity (Wildman–Crippen MR) is 184 cm³/mol. The topological polar surface area (TPSA) is 61.3 Å². The summed E-state index contributed by atoms with van der Waals surface area (Å²) in [5, 5.41) is 5.39. The average Bonchev–Trinajstić information content (AvgIpc) is 3.08. The first-order chi connectivity index (χ1) is 22.0. The number of nitrogens with zero attached hydrogens (tertiary/aromatic N) is 2. The van der Waals surface area contributed by atoms with E-state index in [1.165, 1.54) is 6.66 Å². The second-order valence-electron chi connectivity index (χ2n) is 11.1. The van der Waals surface area contributed by atoms with Gasteiger partial charge in [-0.15, -0.1) is 0 Å². The molecule has 216 valence electrons. The zero-order valence-corrected chi connectivity index (χ0v) is 25.3. The molecule has 0 spiro atoms. The lowest BCUT2D eigenvalue weighted by atomic mass is 10.00. The smallest absolute Gasteiger partial charge is 0.397 e. The van der Waals surface area contributed by atoms with Crippen LogP contribution in [0.4, 0.5) is 0 Å². The molecule has 8 aromatic rings. The molecule has 0 amide bonds. The molecule has 0 radical (unpaired) electrons. The van der Waals surface area contributed by atoms with Crippen molar-refractivity contribution in [2.45, 2.75) is 0 Å². The molecular weight excluding hydrogens is 575 g/mol. The van der Waals surface area contributed by atoms with E-state index in [0.29, 0.717) is 0 Å². The highest BCUT2D eigenvalue weighted by molar-refractivity contribution is 7.53. The van der Waals surface area contributed by atoms with Crippen molar-refractivity contribution in [3.63, 3.8) is 0 Å². The molecule has 6 heteroatoms. The van der Waals surface area contributed by atoms with Crippen molar-refractivity contribution in [1.29, 1.82) is 0 Å². The highest BCUT2D eigenvalue weighted by Crippen LogP contribution is 2.49. The molecule has 8 rings (SSSR count). The van der Waals surface area contributed by atoms with E-state index in [4.69, 9.17) is 19.0 Å². The van der Waals surface area contributed by atoms with Gasteiger partial charge in [0.2, 0.25) is 11.8 Å². The van der Waals surface area contributed by atoms with Gasteiger partial charge in [0.1, 0.15) is 0 Å². The molecule has 0 aliphatic carbocycles. The minimum absolute atomic E-state index is 0.252. The molecule has 2 aromatic heterocycles. The van der Waals surface area contributed by atoms with Crippen molar-refractivity contribution in [3.05, 3.63) is 146 Å². The van der Waals surface area contributed by atoms with E-state index in [1.54, 1.807) is 0 Å². The van der Waals surface area contributed by atoms with E-state index in [2.05, 4.69) is 48.5 Å². The van der Waals surface area contributed by atoms with Gasteiger partial charge in [0.25, 0.3) is 0 Å². The zero-order chi connectivity index (χ0) is 30.4. The molecular formula is C39H27N2O3P. The number of para-hydroxylation sites is 2. The molecule has 0 N–H and O–H groups in total. The van der Waals surface area contributed by atoms with Crippen LogP contribution in [0, 0.1) is 0 Å². The Bertz CT molecular complexity index is 2260. The summed E-state index contributed by atoms with van der Waals surface area (Å²) in [6.07, 6.45) is 0. The number of hydrogen-bond donors (Lipinski definition) is 0. The quantitative estimate of drug-likeness (QED) is 0.140. The lowest BCUT2D eigenvalue weighted by molar-refractivity contribution is 0.387. The molecule has 0 aliphatic heterocycles. The summed E-state index contributed by atoms with van der Waals surface area (Å²) < 4.78 is 26.8. The summed E-state index contributed by atoms with van der Waals surface area (Å²) in [7, 11) is -3.80. The van der Waals surface area contributed by atoms with Crippen molar-refractivity contribution >= 4 is 50.9 Å². The van der Waals surface area contributed by atoms with Gasteiger partial charge < -0.3 is 9.05 Å². The summed E-state index contributed by atoms with van der Waals surface area (Å²) in [6.45, 7) is 1.47. The Kier molecular flexibility index (Phi) is 6.55. The third-order valence-electron chi connectivity index (χ3n) is 8.05. The molecule has 45 heavy (non-hydrogen) atoms. The van der Waals surface area contributed by atoms with E-state index in [-0.39, 0.29) is 11.8 Å². The standard InChI is InChI=1S/C39H27N2O3P/c1-45(42,43-38-34-24-28(26-12-4-2-5-13-26)20-22-30(34)32-16-8-10-18-36(32)40-38)44-39-35-25-29(27-14-6-3-7-15-27)21-23-31(35)33-17-9-11-19-37(33)41-39/h2-25H,1H3. The van der Waals surface area contributed by atoms with Crippen LogP contribution < -0.4 is 9.05 Å². The first-order valence-electron chi connectivity index (χ1n) is 14.7. The lowest BCUT2D eigenvalue weighted by Crippen LogP contribution is -2.03. The predicted octanol–water partition coefficient (Wildman–Crippen LogP) is 10.7. The Labute approximate surface area is 260 Å². The van der Waals surface area contributed by atoms with Crippen molar-refractivity contribution in [2.75, 3.05) is 6.66 Å². The second-order valence-corrected chi connectivity index (χ2v) is 13.0. The molecule has 0 saturated carbocycles. The molecule has 0 aliphatic rings. The van der Waals surface area contributed by atoms with Crippen molar-refractivity contribution in [3.8, 4) is 34.0 Å². The molecule has 0 atom stereocenters. The van der Waals surface area contributed by atoms with Crippen molar-refractivity contribution in [1.82, 2.24) is 9.97 Å². The molecule has 0 bridgehead atoms. The lowest BCUT2D eigenvalue weighted by Gasteiger charge is -2.19. The van der Waals surface area contributed by atoms with E-state index in [9.17, 15) is 4.57 Å². The highest BCUT2D eigenvalue weighted by atomic mass is 31.2. The first kappa shape index (κ1) is 27.1. The van der Waals surface area contributed by atoms with Crippen molar-refractivity contribution < 1.29 is 13.6 Å². The van der Waals surface area contributed by atoms with Crippen LogP contribution in [-0.4, -0.2) is 16.6 Å². The molecule has 0 saturated heterocycles. The van der Waals surface area contributed by atoms with Crippen LogP contribution >= 0.6 is 7.60 Å². The van der Waals surface area contributed by atoms with Crippen LogP contribution in [0.3, 0.4) is 0 Å². The third kappa shape index (κ3) is 5.08. The minimum Gasteiger partial charge on any atom is -0.397 e. The largest absolute Gasteiger partial charge is 0.430 e. The minimum atomic E-state index is -3.80. The van der Waals surface area contributed by atoms with Gasteiger partial charge in [-0.05, 0) is 57.3 Å². The maximum atomic E-state index is 14.3. The molecule has 5 nitrogen and oxygen atoms in total. The van der Waals surface area contributed by atoms with Gasteiger partial charge in [0.05, 0.1) is 17.7 Å². The first-order valence-corrected chi connectivity index (χ1v) is 16.7.